The highest BCUT2D eigenvalue weighted by molar-refractivity contribution is 6.29. The van der Waals surface area contributed by atoms with E-state index in [2.05, 4.69) is 25.8 Å². The zero-order valence-corrected chi connectivity index (χ0v) is 14.1. The first kappa shape index (κ1) is 14.0. The summed E-state index contributed by atoms with van der Waals surface area (Å²) in [7, 11) is 0. The van der Waals surface area contributed by atoms with Crippen LogP contribution in [0.25, 0.3) is 0 Å². The second-order valence-corrected chi connectivity index (χ2v) is 9.16. The Balaban J connectivity index is 1.82. The number of rotatable bonds is 2. The molecular weight excluding hydrogens is 280 g/mol. The largest absolute Gasteiger partial charge is 0.237 e. The summed E-state index contributed by atoms with van der Waals surface area (Å²) in [5, 5.41) is 0.628. The first-order chi connectivity index (χ1) is 9.84. The van der Waals surface area contributed by atoms with Crippen LogP contribution in [0.3, 0.4) is 0 Å². The van der Waals surface area contributed by atoms with E-state index in [1.165, 1.54) is 38.5 Å². The SMILES string of the molecule is CCc1cc(Cl)nc(C23CC4CC(C)(CC(C)(C4)C2)C3)n1. The molecule has 1 aromatic heterocycles. The standard InChI is InChI=1S/C18H25ClN2/c1-4-13-5-14(19)21-15(20-13)18-8-12-6-16(2,10-18)9-17(3,7-12)11-18/h5,12H,4,6-11H2,1-3H3. The van der Waals surface area contributed by atoms with Crippen molar-refractivity contribution in [3.63, 3.8) is 0 Å². The third-order valence-corrected chi connectivity index (χ3v) is 6.40. The Morgan fingerprint density at radius 1 is 1.10 bits per heavy atom. The Labute approximate surface area is 132 Å². The van der Waals surface area contributed by atoms with E-state index in [0.717, 1.165) is 23.9 Å². The molecular formula is C18H25ClN2. The van der Waals surface area contributed by atoms with E-state index in [1.807, 2.05) is 6.07 Å². The van der Waals surface area contributed by atoms with Crippen LogP contribution in [0.2, 0.25) is 5.15 Å². The highest BCUT2D eigenvalue weighted by Crippen LogP contribution is 2.69. The van der Waals surface area contributed by atoms with Gasteiger partial charge in [0.15, 0.2) is 0 Å². The van der Waals surface area contributed by atoms with E-state index in [9.17, 15) is 0 Å². The van der Waals surface area contributed by atoms with Crippen molar-refractivity contribution in [3.05, 3.63) is 22.7 Å². The van der Waals surface area contributed by atoms with Gasteiger partial charge in [0, 0.05) is 11.1 Å². The van der Waals surface area contributed by atoms with Crippen LogP contribution in [-0.4, -0.2) is 9.97 Å². The summed E-state index contributed by atoms with van der Waals surface area (Å²) in [5.74, 6) is 1.91. The van der Waals surface area contributed by atoms with Crippen LogP contribution < -0.4 is 0 Å². The smallest absolute Gasteiger partial charge is 0.136 e. The van der Waals surface area contributed by atoms with E-state index in [4.69, 9.17) is 16.6 Å². The van der Waals surface area contributed by atoms with Crippen molar-refractivity contribution in [2.24, 2.45) is 16.7 Å². The minimum Gasteiger partial charge on any atom is -0.237 e. The quantitative estimate of drug-likeness (QED) is 0.723. The molecule has 4 aliphatic rings. The highest BCUT2D eigenvalue weighted by atomic mass is 35.5. The van der Waals surface area contributed by atoms with Crippen LogP contribution in [0.5, 0.6) is 0 Å². The molecule has 4 fully saturated rings. The Morgan fingerprint density at radius 2 is 1.76 bits per heavy atom. The molecule has 0 aromatic carbocycles. The first-order valence-corrected chi connectivity index (χ1v) is 8.76. The second-order valence-electron chi connectivity index (χ2n) is 8.77. The molecule has 0 spiro atoms. The number of aromatic nitrogens is 2. The van der Waals surface area contributed by atoms with Crippen LogP contribution in [-0.2, 0) is 11.8 Å². The van der Waals surface area contributed by atoms with Gasteiger partial charge in [-0.2, -0.15) is 0 Å². The minimum atomic E-state index is 0.192. The number of nitrogens with zero attached hydrogens (tertiary/aromatic N) is 2. The van der Waals surface area contributed by atoms with Crippen molar-refractivity contribution in [2.75, 3.05) is 0 Å². The maximum Gasteiger partial charge on any atom is 0.136 e. The maximum absolute atomic E-state index is 6.29. The third-order valence-electron chi connectivity index (χ3n) is 6.21. The fourth-order valence-electron chi connectivity index (χ4n) is 6.58. The highest BCUT2D eigenvalue weighted by Gasteiger charge is 2.61. The van der Waals surface area contributed by atoms with Gasteiger partial charge in [-0.15, -0.1) is 0 Å². The van der Waals surface area contributed by atoms with Crippen molar-refractivity contribution in [2.45, 2.75) is 71.1 Å². The lowest BCUT2D eigenvalue weighted by molar-refractivity contribution is -0.112. The van der Waals surface area contributed by atoms with Crippen LogP contribution in [0.1, 0.15) is 70.8 Å². The fraction of sp³-hybridized carbons (Fsp3) is 0.778. The number of halogens is 1. The Kier molecular flexibility index (Phi) is 2.81. The van der Waals surface area contributed by atoms with Gasteiger partial charge in [0.2, 0.25) is 0 Å². The molecule has 0 amide bonds. The van der Waals surface area contributed by atoms with Gasteiger partial charge in [-0.1, -0.05) is 32.4 Å². The van der Waals surface area contributed by atoms with Crippen LogP contribution in [0.15, 0.2) is 6.07 Å². The summed E-state index contributed by atoms with van der Waals surface area (Å²) < 4.78 is 0. The molecule has 0 N–H and O–H groups in total. The fourth-order valence-corrected chi connectivity index (χ4v) is 6.79. The number of hydrogen-bond acceptors (Lipinski definition) is 2. The van der Waals surface area contributed by atoms with E-state index in [1.54, 1.807) is 0 Å². The molecule has 0 saturated heterocycles. The Bertz CT molecular complexity index is 579. The zero-order valence-electron chi connectivity index (χ0n) is 13.4. The average molecular weight is 305 g/mol. The summed E-state index contributed by atoms with van der Waals surface area (Å²) >= 11 is 6.29. The van der Waals surface area contributed by atoms with E-state index >= 15 is 0 Å². The predicted molar refractivity (Wildman–Crippen MR) is 85.5 cm³/mol. The predicted octanol–water partition coefficient (Wildman–Crippen LogP) is 4.94. The van der Waals surface area contributed by atoms with Gasteiger partial charge >= 0.3 is 0 Å². The summed E-state index contributed by atoms with van der Waals surface area (Å²) in [6.07, 6.45) is 8.94. The molecule has 2 nitrogen and oxygen atoms in total. The van der Waals surface area contributed by atoms with Crippen molar-refractivity contribution < 1.29 is 0 Å². The summed E-state index contributed by atoms with van der Waals surface area (Å²) in [4.78, 5) is 9.60. The molecule has 2 atom stereocenters. The minimum absolute atomic E-state index is 0.192. The summed E-state index contributed by atoms with van der Waals surface area (Å²) in [6.45, 7) is 7.14. The lowest BCUT2D eigenvalue weighted by Crippen LogP contribution is -2.57. The molecule has 4 aliphatic carbocycles. The van der Waals surface area contributed by atoms with Crippen molar-refractivity contribution in [1.29, 1.82) is 0 Å². The van der Waals surface area contributed by atoms with Crippen LogP contribution in [0.4, 0.5) is 0 Å². The van der Waals surface area contributed by atoms with Gasteiger partial charge in [0.1, 0.15) is 11.0 Å². The lowest BCUT2D eigenvalue weighted by atomic mass is 9.40. The zero-order chi connectivity index (χ0) is 14.9. The topological polar surface area (TPSA) is 25.8 Å². The third kappa shape index (κ3) is 2.13. The lowest BCUT2D eigenvalue weighted by Gasteiger charge is -2.64. The van der Waals surface area contributed by atoms with Crippen molar-refractivity contribution in [1.82, 2.24) is 9.97 Å². The van der Waals surface area contributed by atoms with Gasteiger partial charge in [0.25, 0.3) is 0 Å². The van der Waals surface area contributed by atoms with Crippen molar-refractivity contribution >= 4 is 11.6 Å². The van der Waals surface area contributed by atoms with Gasteiger partial charge in [-0.3, -0.25) is 0 Å². The molecule has 4 saturated carbocycles. The average Bonchev–Trinajstić information content (AvgIpc) is 2.33. The number of hydrogen-bond donors (Lipinski definition) is 0. The van der Waals surface area contributed by atoms with Gasteiger partial charge in [-0.05, 0) is 67.8 Å². The molecule has 1 aromatic rings. The molecule has 1 heterocycles. The summed E-state index contributed by atoms with van der Waals surface area (Å²) in [6, 6.07) is 1.93. The first-order valence-electron chi connectivity index (χ1n) is 8.38. The van der Waals surface area contributed by atoms with E-state index in [-0.39, 0.29) is 5.41 Å². The molecule has 0 aliphatic heterocycles. The van der Waals surface area contributed by atoms with Crippen molar-refractivity contribution in [3.8, 4) is 0 Å². The monoisotopic (exact) mass is 304 g/mol. The molecule has 0 radical (unpaired) electrons. The molecule has 5 rings (SSSR count). The van der Waals surface area contributed by atoms with Gasteiger partial charge < -0.3 is 0 Å². The molecule has 4 bridgehead atoms. The Morgan fingerprint density at radius 3 is 2.33 bits per heavy atom. The molecule has 2 unspecified atom stereocenters. The van der Waals surface area contributed by atoms with Gasteiger partial charge in [-0.25, -0.2) is 9.97 Å². The van der Waals surface area contributed by atoms with Gasteiger partial charge in [0.05, 0.1) is 0 Å². The Hall–Kier alpha value is -0.630. The van der Waals surface area contributed by atoms with E-state index in [0.29, 0.717) is 16.0 Å². The normalized spacial score (nSPS) is 44.3. The maximum atomic E-state index is 6.29. The van der Waals surface area contributed by atoms with E-state index < -0.39 is 0 Å². The molecule has 21 heavy (non-hydrogen) atoms. The number of aryl methyl sites for hydroxylation is 1. The van der Waals surface area contributed by atoms with Crippen LogP contribution in [0, 0.1) is 16.7 Å². The van der Waals surface area contributed by atoms with Crippen LogP contribution >= 0.6 is 11.6 Å². The second kappa shape index (κ2) is 4.22. The molecule has 114 valence electrons. The molecule has 3 heteroatoms. The summed E-state index contributed by atoms with van der Waals surface area (Å²) in [5.41, 5.74) is 2.27.